The maximum Gasteiger partial charge on any atom is 0.213 e. The molecule has 108 valence electrons. The van der Waals surface area contributed by atoms with Gasteiger partial charge in [0.2, 0.25) is 5.88 Å². The summed E-state index contributed by atoms with van der Waals surface area (Å²) < 4.78 is 5.72. The zero-order valence-electron chi connectivity index (χ0n) is 12.9. The molecule has 4 heteroatoms. The average Bonchev–Trinajstić information content (AvgIpc) is 2.31. The number of nitrogens with zero attached hydrogens (tertiary/aromatic N) is 2. The normalized spacial score (nSPS) is 11.3. The Hall–Kier alpha value is -1.13. The van der Waals surface area contributed by atoms with Crippen LogP contribution >= 0.6 is 0 Å². The first-order valence-corrected chi connectivity index (χ1v) is 6.96. The maximum atomic E-state index is 5.72. The molecule has 19 heavy (non-hydrogen) atoms. The molecule has 0 aliphatic carbocycles. The summed E-state index contributed by atoms with van der Waals surface area (Å²) in [7, 11) is 4.14. The van der Waals surface area contributed by atoms with Crippen molar-refractivity contribution in [1.82, 2.24) is 15.2 Å². The highest BCUT2D eigenvalue weighted by Gasteiger charge is 2.02. The monoisotopic (exact) mass is 265 g/mol. The van der Waals surface area contributed by atoms with Gasteiger partial charge in [-0.1, -0.05) is 13.8 Å². The molecule has 0 bridgehead atoms. The quantitative estimate of drug-likeness (QED) is 0.731. The topological polar surface area (TPSA) is 37.4 Å². The van der Waals surface area contributed by atoms with Gasteiger partial charge >= 0.3 is 0 Å². The summed E-state index contributed by atoms with van der Waals surface area (Å²) in [6, 6.07) is 4.61. The Kier molecular flexibility index (Phi) is 6.81. The number of ether oxygens (including phenoxy) is 1. The first kappa shape index (κ1) is 15.9. The lowest BCUT2D eigenvalue weighted by Gasteiger charge is -2.12. The third-order valence-corrected chi connectivity index (χ3v) is 2.70. The lowest BCUT2D eigenvalue weighted by molar-refractivity contribution is 0.272. The van der Waals surface area contributed by atoms with Gasteiger partial charge in [-0.15, -0.1) is 0 Å². The third kappa shape index (κ3) is 7.13. The molecule has 0 saturated carbocycles. The van der Waals surface area contributed by atoms with Crippen molar-refractivity contribution >= 4 is 0 Å². The molecule has 1 aromatic heterocycles. The summed E-state index contributed by atoms with van der Waals surface area (Å²) in [5, 5.41) is 3.41. The summed E-state index contributed by atoms with van der Waals surface area (Å²) in [6.07, 6.45) is 1.02. The molecule has 0 aromatic carbocycles. The molecular formula is C15H27N3O. The molecule has 0 amide bonds. The third-order valence-electron chi connectivity index (χ3n) is 2.70. The van der Waals surface area contributed by atoms with Gasteiger partial charge < -0.3 is 15.0 Å². The van der Waals surface area contributed by atoms with E-state index in [1.54, 1.807) is 0 Å². The van der Waals surface area contributed by atoms with E-state index >= 15 is 0 Å². The highest BCUT2D eigenvalue weighted by Crippen LogP contribution is 2.13. The van der Waals surface area contributed by atoms with Crippen molar-refractivity contribution in [3.63, 3.8) is 0 Å². The Labute approximate surface area is 117 Å². The lowest BCUT2D eigenvalue weighted by Crippen LogP contribution is -2.22. The van der Waals surface area contributed by atoms with E-state index < -0.39 is 0 Å². The van der Waals surface area contributed by atoms with E-state index in [-0.39, 0.29) is 0 Å². The SMILES string of the molecule is Cc1cc(CNC(C)C)cc(OCCCN(C)C)n1. The van der Waals surface area contributed by atoms with Crippen LogP contribution in [0.2, 0.25) is 0 Å². The smallest absolute Gasteiger partial charge is 0.213 e. The van der Waals surface area contributed by atoms with E-state index in [9.17, 15) is 0 Å². The summed E-state index contributed by atoms with van der Waals surface area (Å²) in [6.45, 7) is 8.90. The van der Waals surface area contributed by atoms with Gasteiger partial charge in [-0.25, -0.2) is 4.98 Å². The molecule has 0 aliphatic rings. The second-order valence-corrected chi connectivity index (χ2v) is 5.50. The first-order chi connectivity index (χ1) is 8.97. The average molecular weight is 265 g/mol. The van der Waals surface area contributed by atoms with Crippen molar-refractivity contribution in [2.24, 2.45) is 0 Å². The summed E-state index contributed by atoms with van der Waals surface area (Å²) in [5.74, 6) is 0.735. The number of rotatable bonds is 8. The van der Waals surface area contributed by atoms with Gasteiger partial charge in [0.05, 0.1) is 6.61 Å². The molecule has 0 atom stereocenters. The van der Waals surface area contributed by atoms with Crippen molar-refractivity contribution in [1.29, 1.82) is 0 Å². The van der Waals surface area contributed by atoms with E-state index in [4.69, 9.17) is 4.74 Å². The second-order valence-electron chi connectivity index (χ2n) is 5.50. The Morgan fingerprint density at radius 1 is 1.32 bits per heavy atom. The highest BCUT2D eigenvalue weighted by molar-refractivity contribution is 5.24. The summed E-state index contributed by atoms with van der Waals surface area (Å²) >= 11 is 0. The number of hydrogen-bond acceptors (Lipinski definition) is 4. The molecule has 0 aliphatic heterocycles. The Balaban J connectivity index is 2.48. The van der Waals surface area contributed by atoms with E-state index in [1.807, 2.05) is 13.0 Å². The van der Waals surface area contributed by atoms with Crippen LogP contribution in [0.15, 0.2) is 12.1 Å². The van der Waals surface area contributed by atoms with Crippen molar-refractivity contribution in [2.45, 2.75) is 39.8 Å². The number of nitrogens with one attached hydrogen (secondary N) is 1. The maximum absolute atomic E-state index is 5.72. The number of pyridine rings is 1. The lowest BCUT2D eigenvalue weighted by atomic mass is 10.2. The van der Waals surface area contributed by atoms with Crippen LogP contribution in [-0.4, -0.2) is 43.2 Å². The van der Waals surface area contributed by atoms with Crippen molar-refractivity contribution in [3.05, 3.63) is 23.4 Å². The van der Waals surface area contributed by atoms with Gasteiger partial charge in [-0.05, 0) is 39.1 Å². The van der Waals surface area contributed by atoms with Crippen molar-refractivity contribution in [2.75, 3.05) is 27.2 Å². The van der Waals surface area contributed by atoms with Gasteiger partial charge in [0.25, 0.3) is 0 Å². The molecule has 4 nitrogen and oxygen atoms in total. The van der Waals surface area contributed by atoms with Crippen LogP contribution in [0.4, 0.5) is 0 Å². The van der Waals surface area contributed by atoms with Crippen LogP contribution < -0.4 is 10.1 Å². The highest BCUT2D eigenvalue weighted by atomic mass is 16.5. The predicted molar refractivity (Wildman–Crippen MR) is 79.6 cm³/mol. The number of hydrogen-bond donors (Lipinski definition) is 1. The predicted octanol–water partition coefficient (Wildman–Crippen LogP) is 2.22. The summed E-state index contributed by atoms with van der Waals surface area (Å²) in [5.41, 5.74) is 2.23. The van der Waals surface area contributed by atoms with Crippen LogP contribution in [0, 0.1) is 6.92 Å². The molecule has 0 unspecified atom stereocenters. The van der Waals surface area contributed by atoms with E-state index in [0.29, 0.717) is 12.6 Å². The first-order valence-electron chi connectivity index (χ1n) is 6.96. The molecule has 0 fully saturated rings. The number of aromatic nitrogens is 1. The van der Waals surface area contributed by atoms with Gasteiger partial charge in [0.15, 0.2) is 0 Å². The minimum atomic E-state index is 0.484. The Morgan fingerprint density at radius 3 is 2.68 bits per heavy atom. The van der Waals surface area contributed by atoms with Crippen molar-refractivity contribution < 1.29 is 4.74 Å². The fraction of sp³-hybridized carbons (Fsp3) is 0.667. The van der Waals surface area contributed by atoms with Gasteiger partial charge in [-0.3, -0.25) is 0 Å². The molecule has 1 rings (SSSR count). The van der Waals surface area contributed by atoms with Crippen LogP contribution in [0.3, 0.4) is 0 Å². The molecule has 0 radical (unpaired) electrons. The minimum absolute atomic E-state index is 0.484. The van der Waals surface area contributed by atoms with E-state index in [0.717, 1.165) is 31.1 Å². The van der Waals surface area contributed by atoms with Gasteiger partial charge in [0, 0.05) is 30.9 Å². The van der Waals surface area contributed by atoms with Gasteiger partial charge in [0.1, 0.15) is 0 Å². The Bertz CT molecular complexity index is 378. The molecule has 0 spiro atoms. The minimum Gasteiger partial charge on any atom is -0.478 e. The van der Waals surface area contributed by atoms with E-state index in [2.05, 4.69) is 49.2 Å². The number of aryl methyl sites for hydroxylation is 1. The molecule has 1 N–H and O–H groups in total. The van der Waals surface area contributed by atoms with Crippen LogP contribution in [0.1, 0.15) is 31.5 Å². The van der Waals surface area contributed by atoms with Gasteiger partial charge in [-0.2, -0.15) is 0 Å². The van der Waals surface area contributed by atoms with Crippen molar-refractivity contribution in [3.8, 4) is 5.88 Å². The Morgan fingerprint density at radius 2 is 2.05 bits per heavy atom. The van der Waals surface area contributed by atoms with Crippen LogP contribution in [-0.2, 0) is 6.54 Å². The second kappa shape index (κ2) is 8.12. The molecular weight excluding hydrogens is 238 g/mol. The molecule has 1 aromatic rings. The fourth-order valence-corrected chi connectivity index (χ4v) is 1.76. The van der Waals surface area contributed by atoms with Crippen LogP contribution in [0.5, 0.6) is 5.88 Å². The van der Waals surface area contributed by atoms with Crippen LogP contribution in [0.25, 0.3) is 0 Å². The summed E-state index contributed by atoms with van der Waals surface area (Å²) in [4.78, 5) is 6.57. The zero-order chi connectivity index (χ0) is 14.3. The molecule has 0 saturated heterocycles. The molecule has 1 heterocycles. The van der Waals surface area contributed by atoms with E-state index in [1.165, 1.54) is 5.56 Å². The standard InChI is InChI=1S/C15H27N3O/c1-12(2)16-11-14-9-13(3)17-15(10-14)19-8-6-7-18(4)5/h9-10,12,16H,6-8,11H2,1-5H3. The fourth-order valence-electron chi connectivity index (χ4n) is 1.76. The largest absolute Gasteiger partial charge is 0.478 e. The zero-order valence-corrected chi connectivity index (χ0v) is 12.9.